The van der Waals surface area contributed by atoms with Gasteiger partial charge in [-0.1, -0.05) is 23.2 Å². The number of rotatable bonds is 1. The number of hydrogen-bond acceptors (Lipinski definition) is 3. The second-order valence-corrected chi connectivity index (χ2v) is 4.71. The summed E-state index contributed by atoms with van der Waals surface area (Å²) >= 11 is 11.5. The lowest BCUT2D eigenvalue weighted by Crippen LogP contribution is -2.44. The zero-order chi connectivity index (χ0) is 12.4. The Morgan fingerprint density at radius 2 is 2.12 bits per heavy atom. The van der Waals surface area contributed by atoms with E-state index in [0.29, 0.717) is 25.3 Å². The summed E-state index contributed by atoms with van der Waals surface area (Å²) in [6.45, 7) is 3.66. The molecule has 0 saturated carbocycles. The highest BCUT2D eigenvalue weighted by molar-refractivity contribution is 6.33. The van der Waals surface area contributed by atoms with Crippen molar-refractivity contribution >= 4 is 29.1 Å². The summed E-state index contributed by atoms with van der Waals surface area (Å²) < 4.78 is 5.38. The van der Waals surface area contributed by atoms with Crippen molar-refractivity contribution in [3.05, 3.63) is 28.0 Å². The van der Waals surface area contributed by atoms with Gasteiger partial charge in [-0.2, -0.15) is 0 Å². The first-order chi connectivity index (χ1) is 8.06. The normalized spacial score (nSPS) is 20.4. The number of hydrogen-bond donors (Lipinski definition) is 0. The standard InChI is InChI=1S/C11H12Cl2N2O2/c1-7-6-15(2-3-17-7)11(16)8-4-9(12)14-10(13)5-8/h4-5,7H,2-3,6H2,1H3/t7-/m1/s1. The molecule has 1 saturated heterocycles. The highest BCUT2D eigenvalue weighted by Gasteiger charge is 2.23. The molecule has 0 aromatic carbocycles. The van der Waals surface area contributed by atoms with Crippen LogP contribution in [0.2, 0.25) is 10.3 Å². The molecule has 17 heavy (non-hydrogen) atoms. The molecule has 1 fully saturated rings. The Morgan fingerprint density at radius 3 is 2.71 bits per heavy atom. The van der Waals surface area contributed by atoms with Crippen LogP contribution in [0.4, 0.5) is 0 Å². The van der Waals surface area contributed by atoms with Crippen LogP contribution in [-0.4, -0.2) is 41.6 Å². The molecule has 4 nitrogen and oxygen atoms in total. The van der Waals surface area contributed by atoms with Crippen molar-refractivity contribution in [3.8, 4) is 0 Å². The van der Waals surface area contributed by atoms with Crippen LogP contribution in [0.25, 0.3) is 0 Å². The third kappa shape index (κ3) is 3.09. The second-order valence-electron chi connectivity index (χ2n) is 3.93. The molecule has 0 bridgehead atoms. The van der Waals surface area contributed by atoms with Crippen molar-refractivity contribution in [2.75, 3.05) is 19.7 Å². The van der Waals surface area contributed by atoms with Crippen LogP contribution in [0.15, 0.2) is 12.1 Å². The van der Waals surface area contributed by atoms with E-state index in [1.807, 2.05) is 6.92 Å². The number of nitrogens with zero attached hydrogens (tertiary/aromatic N) is 2. The molecule has 1 aromatic rings. The molecule has 0 spiro atoms. The van der Waals surface area contributed by atoms with Gasteiger partial charge < -0.3 is 9.64 Å². The second kappa shape index (κ2) is 5.21. The van der Waals surface area contributed by atoms with Crippen molar-refractivity contribution < 1.29 is 9.53 Å². The van der Waals surface area contributed by atoms with Crippen LogP contribution in [0.5, 0.6) is 0 Å². The van der Waals surface area contributed by atoms with Gasteiger partial charge in [0.15, 0.2) is 0 Å². The Morgan fingerprint density at radius 1 is 1.47 bits per heavy atom. The molecule has 1 atom stereocenters. The van der Waals surface area contributed by atoms with Gasteiger partial charge in [-0.25, -0.2) is 4.98 Å². The van der Waals surface area contributed by atoms with Gasteiger partial charge in [0, 0.05) is 18.7 Å². The molecule has 1 aliphatic heterocycles. The lowest BCUT2D eigenvalue weighted by atomic mass is 10.2. The molecule has 0 N–H and O–H groups in total. The average molecular weight is 275 g/mol. The first kappa shape index (κ1) is 12.6. The minimum atomic E-state index is -0.0913. The van der Waals surface area contributed by atoms with Crippen LogP contribution in [0.1, 0.15) is 17.3 Å². The first-order valence-corrected chi connectivity index (χ1v) is 6.06. The van der Waals surface area contributed by atoms with Crippen molar-refractivity contribution in [1.82, 2.24) is 9.88 Å². The minimum absolute atomic E-state index is 0.0560. The molecule has 2 rings (SSSR count). The molecular formula is C11H12Cl2N2O2. The van der Waals surface area contributed by atoms with Gasteiger partial charge >= 0.3 is 0 Å². The number of ether oxygens (including phenoxy) is 1. The summed E-state index contributed by atoms with van der Waals surface area (Å²) in [6.07, 6.45) is 0.0560. The fourth-order valence-electron chi connectivity index (χ4n) is 1.77. The fraction of sp³-hybridized carbons (Fsp3) is 0.455. The molecule has 1 aromatic heterocycles. The summed E-state index contributed by atoms with van der Waals surface area (Å²) in [5, 5.41) is 0.448. The van der Waals surface area contributed by atoms with Crippen LogP contribution < -0.4 is 0 Å². The van der Waals surface area contributed by atoms with Gasteiger partial charge in [0.25, 0.3) is 5.91 Å². The van der Waals surface area contributed by atoms with Crippen molar-refractivity contribution in [2.45, 2.75) is 13.0 Å². The van der Waals surface area contributed by atoms with E-state index in [2.05, 4.69) is 4.98 Å². The highest BCUT2D eigenvalue weighted by atomic mass is 35.5. The van der Waals surface area contributed by atoms with Crippen molar-refractivity contribution in [3.63, 3.8) is 0 Å². The number of morpholine rings is 1. The minimum Gasteiger partial charge on any atom is -0.375 e. The summed E-state index contributed by atoms with van der Waals surface area (Å²) in [4.78, 5) is 17.7. The quantitative estimate of drug-likeness (QED) is 0.738. The molecule has 0 radical (unpaired) electrons. The lowest BCUT2D eigenvalue weighted by Gasteiger charge is -2.31. The Kier molecular flexibility index (Phi) is 3.86. The van der Waals surface area contributed by atoms with Crippen molar-refractivity contribution in [1.29, 1.82) is 0 Å². The van der Waals surface area contributed by atoms with Crippen LogP contribution in [0, 0.1) is 0 Å². The first-order valence-electron chi connectivity index (χ1n) is 5.30. The maximum atomic E-state index is 12.2. The predicted octanol–water partition coefficient (Wildman–Crippen LogP) is 2.25. The molecule has 6 heteroatoms. The zero-order valence-corrected chi connectivity index (χ0v) is 10.8. The monoisotopic (exact) mass is 274 g/mol. The fourth-order valence-corrected chi connectivity index (χ4v) is 2.23. The molecule has 1 amide bonds. The van der Waals surface area contributed by atoms with Gasteiger partial charge in [-0.15, -0.1) is 0 Å². The topological polar surface area (TPSA) is 42.4 Å². The van der Waals surface area contributed by atoms with Gasteiger partial charge in [0.1, 0.15) is 10.3 Å². The van der Waals surface area contributed by atoms with Gasteiger partial charge in [0.05, 0.1) is 12.7 Å². The summed E-state index contributed by atoms with van der Waals surface area (Å²) in [7, 11) is 0. The van der Waals surface area contributed by atoms with Crippen LogP contribution >= 0.6 is 23.2 Å². The van der Waals surface area contributed by atoms with Crippen molar-refractivity contribution in [2.24, 2.45) is 0 Å². The van der Waals surface area contributed by atoms with Crippen LogP contribution in [-0.2, 0) is 4.74 Å². The van der Waals surface area contributed by atoms with E-state index in [0.717, 1.165) is 0 Å². The van der Waals surface area contributed by atoms with E-state index in [1.165, 1.54) is 12.1 Å². The smallest absolute Gasteiger partial charge is 0.254 e. The van der Waals surface area contributed by atoms with E-state index >= 15 is 0 Å². The van der Waals surface area contributed by atoms with E-state index in [-0.39, 0.29) is 22.3 Å². The largest absolute Gasteiger partial charge is 0.375 e. The Labute approximate surface area is 109 Å². The lowest BCUT2D eigenvalue weighted by molar-refractivity contribution is -0.0124. The number of pyridine rings is 1. The summed E-state index contributed by atoms with van der Waals surface area (Å²) in [6, 6.07) is 3.05. The number of halogens is 2. The van der Waals surface area contributed by atoms with Gasteiger partial charge in [-0.3, -0.25) is 4.79 Å². The molecule has 0 unspecified atom stereocenters. The summed E-state index contributed by atoms with van der Waals surface area (Å²) in [5.74, 6) is -0.0913. The van der Waals surface area contributed by atoms with Gasteiger partial charge in [0.2, 0.25) is 0 Å². The van der Waals surface area contributed by atoms with E-state index in [1.54, 1.807) is 4.90 Å². The highest BCUT2D eigenvalue weighted by Crippen LogP contribution is 2.17. The molecule has 2 heterocycles. The molecule has 92 valence electrons. The SMILES string of the molecule is C[C@@H]1CN(C(=O)c2cc(Cl)nc(Cl)c2)CCO1. The number of amides is 1. The Hall–Kier alpha value is -0.840. The average Bonchev–Trinajstić information content (AvgIpc) is 2.26. The van der Waals surface area contributed by atoms with Gasteiger partial charge in [-0.05, 0) is 19.1 Å². The number of carbonyl (C=O) groups excluding carboxylic acids is 1. The van der Waals surface area contributed by atoms with Crippen LogP contribution in [0.3, 0.4) is 0 Å². The number of carbonyl (C=O) groups is 1. The Bertz CT molecular complexity index is 419. The predicted molar refractivity (Wildman–Crippen MR) is 65.6 cm³/mol. The third-order valence-corrected chi connectivity index (χ3v) is 2.93. The Balaban J connectivity index is 2.18. The molecule has 1 aliphatic rings. The van der Waals surface area contributed by atoms with E-state index in [4.69, 9.17) is 27.9 Å². The zero-order valence-electron chi connectivity index (χ0n) is 9.32. The number of aromatic nitrogens is 1. The molecule has 0 aliphatic carbocycles. The van der Waals surface area contributed by atoms with E-state index < -0.39 is 0 Å². The maximum Gasteiger partial charge on any atom is 0.254 e. The van der Waals surface area contributed by atoms with E-state index in [9.17, 15) is 4.79 Å². The third-order valence-electron chi connectivity index (χ3n) is 2.54. The summed E-state index contributed by atoms with van der Waals surface area (Å²) in [5.41, 5.74) is 0.462. The maximum absolute atomic E-state index is 12.2. The molecular weight excluding hydrogens is 263 g/mol.